The maximum absolute atomic E-state index is 14.7. The van der Waals surface area contributed by atoms with Crippen molar-refractivity contribution in [2.24, 2.45) is 0 Å². The minimum Gasteiger partial charge on any atom is -0.435 e. The molecule has 0 spiro atoms. The minimum absolute atomic E-state index is 0.0787. The van der Waals surface area contributed by atoms with Crippen LogP contribution in [0.25, 0.3) is 28.4 Å². The number of aromatic nitrogens is 6. The van der Waals surface area contributed by atoms with Crippen LogP contribution in [0.2, 0.25) is 0 Å². The van der Waals surface area contributed by atoms with Gasteiger partial charge in [0.15, 0.2) is 11.7 Å². The first-order valence-corrected chi connectivity index (χ1v) is 10.3. The number of oxazole rings is 1. The maximum Gasteiger partial charge on any atom is 0.293 e. The average Bonchev–Trinajstić information content (AvgIpc) is 3.43. The zero-order valence-electron chi connectivity index (χ0n) is 18.2. The van der Waals surface area contributed by atoms with Gasteiger partial charge in [-0.3, -0.25) is 9.78 Å². The number of halogens is 1. The number of carbonyl (C=O) groups is 1. The Balaban J connectivity index is 1.47. The van der Waals surface area contributed by atoms with Crippen LogP contribution in [-0.2, 0) is 6.61 Å². The number of aryl methyl sites for hydroxylation is 2. The standard InChI is InChI=1S/C23H18FN7O3/c1-12-4-3-7-25-19(12)14-9-26-23-29-21(30-31(23)10-14)16-8-15(5-6-17(16)24)28-22(33)20-18(11-32)27-13(2)34-20/h3-10,32H,11H2,1-2H3,(H,28,33). The summed E-state index contributed by atoms with van der Waals surface area (Å²) < 4.78 is 21.4. The highest BCUT2D eigenvalue weighted by atomic mass is 19.1. The Morgan fingerprint density at radius 3 is 2.85 bits per heavy atom. The average molecular weight is 459 g/mol. The molecule has 5 rings (SSSR count). The van der Waals surface area contributed by atoms with Gasteiger partial charge in [-0.25, -0.2) is 18.9 Å². The van der Waals surface area contributed by atoms with Crippen LogP contribution in [0.1, 0.15) is 27.7 Å². The quantitative estimate of drug-likeness (QED) is 0.409. The summed E-state index contributed by atoms with van der Waals surface area (Å²) >= 11 is 0. The molecule has 0 bridgehead atoms. The Bertz CT molecular complexity index is 1540. The van der Waals surface area contributed by atoms with Crippen molar-refractivity contribution in [3.05, 3.63) is 77.6 Å². The van der Waals surface area contributed by atoms with E-state index in [1.807, 2.05) is 19.1 Å². The van der Waals surface area contributed by atoms with Crippen LogP contribution in [0, 0.1) is 19.7 Å². The molecule has 0 aliphatic carbocycles. The number of rotatable bonds is 5. The number of hydrogen-bond donors (Lipinski definition) is 2. The monoisotopic (exact) mass is 459 g/mol. The molecule has 0 fully saturated rings. The van der Waals surface area contributed by atoms with Gasteiger partial charge in [0.05, 0.1) is 17.9 Å². The van der Waals surface area contributed by atoms with E-state index in [4.69, 9.17) is 4.42 Å². The number of carbonyl (C=O) groups excluding carboxylic acids is 1. The molecule has 0 unspecified atom stereocenters. The Hall–Kier alpha value is -4.51. The Kier molecular flexibility index (Phi) is 5.30. The van der Waals surface area contributed by atoms with E-state index in [0.717, 1.165) is 16.8 Å². The fourth-order valence-electron chi connectivity index (χ4n) is 3.52. The van der Waals surface area contributed by atoms with Crippen LogP contribution in [0.3, 0.4) is 0 Å². The van der Waals surface area contributed by atoms with Crippen LogP contribution in [0.4, 0.5) is 10.1 Å². The maximum atomic E-state index is 14.7. The van der Waals surface area contributed by atoms with Gasteiger partial charge >= 0.3 is 0 Å². The van der Waals surface area contributed by atoms with Crippen molar-refractivity contribution < 1.29 is 18.7 Å². The van der Waals surface area contributed by atoms with E-state index in [0.29, 0.717) is 0 Å². The molecule has 11 heteroatoms. The lowest BCUT2D eigenvalue weighted by Crippen LogP contribution is -2.13. The summed E-state index contributed by atoms with van der Waals surface area (Å²) in [5.41, 5.74) is 2.96. The first-order chi connectivity index (χ1) is 16.4. The number of aliphatic hydroxyl groups excluding tert-OH is 1. The third kappa shape index (κ3) is 3.88. The number of nitrogens with one attached hydrogen (secondary N) is 1. The summed E-state index contributed by atoms with van der Waals surface area (Å²) in [5, 5.41) is 16.4. The molecule has 0 saturated carbocycles. The lowest BCUT2D eigenvalue weighted by molar-refractivity contribution is 0.0991. The van der Waals surface area contributed by atoms with Crippen LogP contribution >= 0.6 is 0 Å². The first-order valence-electron chi connectivity index (χ1n) is 10.3. The van der Waals surface area contributed by atoms with Gasteiger partial charge in [0.1, 0.15) is 11.5 Å². The molecular formula is C23H18FN7O3. The second-order valence-electron chi connectivity index (χ2n) is 7.51. The molecule has 4 aromatic heterocycles. The van der Waals surface area contributed by atoms with E-state index >= 15 is 0 Å². The Morgan fingerprint density at radius 1 is 1.21 bits per heavy atom. The number of amides is 1. The molecule has 0 aliphatic rings. The predicted octanol–water partition coefficient (Wildman–Crippen LogP) is 3.34. The van der Waals surface area contributed by atoms with E-state index in [-0.39, 0.29) is 40.2 Å². The molecule has 0 saturated heterocycles. The number of anilines is 1. The molecule has 170 valence electrons. The van der Waals surface area contributed by atoms with Crippen molar-refractivity contribution in [3.63, 3.8) is 0 Å². The first kappa shape index (κ1) is 21.3. The summed E-state index contributed by atoms with van der Waals surface area (Å²) in [5.74, 6) is -0.675. The second kappa shape index (κ2) is 8.45. The molecule has 2 N–H and O–H groups in total. The van der Waals surface area contributed by atoms with E-state index in [9.17, 15) is 14.3 Å². The highest BCUT2D eigenvalue weighted by Crippen LogP contribution is 2.26. The smallest absolute Gasteiger partial charge is 0.293 e. The number of hydrogen-bond acceptors (Lipinski definition) is 8. The molecule has 5 aromatic rings. The van der Waals surface area contributed by atoms with Gasteiger partial charge in [0.2, 0.25) is 5.76 Å². The van der Waals surface area contributed by atoms with Crippen molar-refractivity contribution in [1.29, 1.82) is 0 Å². The summed E-state index contributed by atoms with van der Waals surface area (Å²) in [7, 11) is 0. The highest BCUT2D eigenvalue weighted by Gasteiger charge is 2.20. The van der Waals surface area contributed by atoms with Gasteiger partial charge < -0.3 is 14.8 Å². The van der Waals surface area contributed by atoms with Crippen molar-refractivity contribution >= 4 is 17.4 Å². The lowest BCUT2D eigenvalue weighted by atomic mass is 10.1. The molecule has 34 heavy (non-hydrogen) atoms. The van der Waals surface area contributed by atoms with Crippen LogP contribution in [0.15, 0.2) is 53.3 Å². The highest BCUT2D eigenvalue weighted by molar-refractivity contribution is 6.03. The van der Waals surface area contributed by atoms with E-state index < -0.39 is 18.3 Å². The molecular weight excluding hydrogens is 441 g/mol. The van der Waals surface area contributed by atoms with Crippen molar-refractivity contribution in [2.75, 3.05) is 5.32 Å². The molecule has 0 aliphatic heterocycles. The van der Waals surface area contributed by atoms with Crippen molar-refractivity contribution in [3.8, 4) is 22.6 Å². The SMILES string of the molecule is Cc1nc(CO)c(C(=O)Nc2ccc(F)c(-c3nc4ncc(-c5ncccc5C)cn4n3)c2)o1. The predicted molar refractivity (Wildman–Crippen MR) is 119 cm³/mol. The molecule has 4 heterocycles. The summed E-state index contributed by atoms with van der Waals surface area (Å²) in [6, 6.07) is 7.80. The normalized spacial score (nSPS) is 11.2. The molecule has 0 radical (unpaired) electrons. The number of aliphatic hydroxyl groups is 1. The van der Waals surface area contributed by atoms with E-state index in [2.05, 4.69) is 30.4 Å². The third-order valence-electron chi connectivity index (χ3n) is 5.10. The zero-order valence-corrected chi connectivity index (χ0v) is 18.2. The fraction of sp³-hybridized carbons (Fsp3) is 0.130. The van der Waals surface area contributed by atoms with Gasteiger partial charge in [0, 0.05) is 36.8 Å². The summed E-state index contributed by atoms with van der Waals surface area (Å²) in [6.45, 7) is 3.06. The van der Waals surface area contributed by atoms with Crippen molar-refractivity contribution in [2.45, 2.75) is 20.5 Å². The van der Waals surface area contributed by atoms with Crippen LogP contribution in [0.5, 0.6) is 0 Å². The zero-order chi connectivity index (χ0) is 23.8. The largest absolute Gasteiger partial charge is 0.435 e. The second-order valence-corrected chi connectivity index (χ2v) is 7.51. The Morgan fingerprint density at radius 2 is 2.06 bits per heavy atom. The molecule has 10 nitrogen and oxygen atoms in total. The van der Waals surface area contributed by atoms with Gasteiger partial charge in [-0.1, -0.05) is 6.07 Å². The molecule has 1 amide bonds. The van der Waals surface area contributed by atoms with Gasteiger partial charge in [-0.05, 0) is 36.8 Å². The van der Waals surface area contributed by atoms with E-state index in [1.165, 1.54) is 22.7 Å². The molecule has 0 atom stereocenters. The van der Waals surface area contributed by atoms with Gasteiger partial charge in [-0.15, -0.1) is 5.10 Å². The number of benzene rings is 1. The fourth-order valence-corrected chi connectivity index (χ4v) is 3.52. The number of nitrogens with zero attached hydrogens (tertiary/aromatic N) is 6. The lowest BCUT2D eigenvalue weighted by Gasteiger charge is -2.06. The van der Waals surface area contributed by atoms with E-state index in [1.54, 1.807) is 25.5 Å². The summed E-state index contributed by atoms with van der Waals surface area (Å²) in [6.07, 6.45) is 5.05. The van der Waals surface area contributed by atoms with Crippen LogP contribution < -0.4 is 5.32 Å². The topological polar surface area (TPSA) is 131 Å². The number of fused-ring (bicyclic) bond motifs is 1. The van der Waals surface area contributed by atoms with Gasteiger partial charge in [0.25, 0.3) is 11.7 Å². The third-order valence-corrected chi connectivity index (χ3v) is 5.10. The summed E-state index contributed by atoms with van der Waals surface area (Å²) in [4.78, 5) is 29.6. The minimum atomic E-state index is -0.623. The van der Waals surface area contributed by atoms with Crippen LogP contribution in [-0.4, -0.2) is 40.6 Å². The number of pyridine rings is 1. The van der Waals surface area contributed by atoms with Crippen molar-refractivity contribution in [1.82, 2.24) is 29.5 Å². The molecule has 1 aromatic carbocycles. The van der Waals surface area contributed by atoms with Gasteiger partial charge in [-0.2, -0.15) is 4.98 Å². The Labute approximate surface area is 192 Å².